The predicted octanol–water partition coefficient (Wildman–Crippen LogP) is 4.46. The van der Waals surface area contributed by atoms with Crippen LogP contribution in [0.1, 0.15) is 51.4 Å². The third-order valence-corrected chi connectivity index (χ3v) is 7.95. The fourth-order valence-electron chi connectivity index (χ4n) is 5.75. The molecule has 1 aromatic heterocycles. The van der Waals surface area contributed by atoms with Crippen LogP contribution in [0.15, 0.2) is 22.7 Å². The van der Waals surface area contributed by atoms with Crippen LogP contribution in [0.2, 0.25) is 0 Å². The van der Waals surface area contributed by atoms with Gasteiger partial charge in [0.25, 0.3) is 5.88 Å². The highest BCUT2D eigenvalue weighted by atomic mass is 16.5. The Balaban J connectivity index is 1.09. The van der Waals surface area contributed by atoms with Crippen molar-refractivity contribution in [2.75, 3.05) is 46.6 Å². The van der Waals surface area contributed by atoms with E-state index in [0.717, 1.165) is 95.4 Å². The molecule has 1 aliphatic carbocycles. The predicted molar refractivity (Wildman–Crippen MR) is 131 cm³/mol. The number of nitrogens with zero attached hydrogens (tertiary/aromatic N) is 2. The molecule has 35 heavy (non-hydrogen) atoms. The summed E-state index contributed by atoms with van der Waals surface area (Å²) in [6, 6.07) is 5.81. The lowest BCUT2D eigenvalue weighted by Crippen LogP contribution is -2.39. The molecule has 0 bridgehead atoms. The SMILES string of the molecule is COC(=O)C1CCC(CN2CCC(COc3noc4cccc(OC5CCOCC5)c34)CC2)CC1. The summed E-state index contributed by atoms with van der Waals surface area (Å²) in [5, 5.41) is 5.04. The monoisotopic (exact) mass is 486 g/mol. The van der Waals surface area contributed by atoms with Crippen molar-refractivity contribution < 1.29 is 28.3 Å². The van der Waals surface area contributed by atoms with Gasteiger partial charge in [-0.05, 0) is 80.7 Å². The maximum atomic E-state index is 11.8. The zero-order valence-corrected chi connectivity index (χ0v) is 20.8. The topological polar surface area (TPSA) is 83.3 Å². The van der Waals surface area contributed by atoms with Crippen molar-refractivity contribution in [2.45, 2.75) is 57.5 Å². The van der Waals surface area contributed by atoms with Crippen molar-refractivity contribution in [3.05, 3.63) is 18.2 Å². The van der Waals surface area contributed by atoms with Gasteiger partial charge in [0.2, 0.25) is 0 Å². The van der Waals surface area contributed by atoms with Crippen LogP contribution in [0.25, 0.3) is 11.0 Å². The van der Waals surface area contributed by atoms with Crippen LogP contribution < -0.4 is 9.47 Å². The van der Waals surface area contributed by atoms with Crippen molar-refractivity contribution in [1.82, 2.24) is 10.1 Å². The summed E-state index contributed by atoms with van der Waals surface area (Å²) in [7, 11) is 1.49. The van der Waals surface area contributed by atoms with Gasteiger partial charge in [-0.15, -0.1) is 0 Å². The molecule has 5 rings (SSSR count). The van der Waals surface area contributed by atoms with E-state index in [1.807, 2.05) is 18.2 Å². The molecular weight excluding hydrogens is 448 g/mol. The van der Waals surface area contributed by atoms with E-state index >= 15 is 0 Å². The first kappa shape index (κ1) is 24.4. The quantitative estimate of drug-likeness (QED) is 0.506. The maximum Gasteiger partial charge on any atom is 0.308 e. The normalized spacial score (nSPS) is 24.9. The molecule has 0 unspecified atom stereocenters. The molecule has 1 saturated carbocycles. The van der Waals surface area contributed by atoms with Crippen LogP contribution in [0.5, 0.6) is 11.6 Å². The van der Waals surface area contributed by atoms with Gasteiger partial charge in [-0.2, -0.15) is 0 Å². The molecule has 3 heterocycles. The third kappa shape index (κ3) is 6.09. The molecule has 0 N–H and O–H groups in total. The molecular formula is C27H38N2O6. The van der Waals surface area contributed by atoms with Crippen molar-refractivity contribution in [1.29, 1.82) is 0 Å². The van der Waals surface area contributed by atoms with Gasteiger partial charge in [0.05, 0.1) is 32.8 Å². The first-order valence-corrected chi connectivity index (χ1v) is 13.3. The molecule has 1 aromatic carbocycles. The number of piperidine rings is 1. The van der Waals surface area contributed by atoms with E-state index in [-0.39, 0.29) is 18.0 Å². The lowest BCUT2D eigenvalue weighted by atomic mass is 9.81. The highest BCUT2D eigenvalue weighted by molar-refractivity contribution is 5.88. The fraction of sp³-hybridized carbons (Fsp3) is 0.704. The molecule has 0 amide bonds. The molecule has 0 radical (unpaired) electrons. The Morgan fingerprint density at radius 2 is 1.80 bits per heavy atom. The smallest absolute Gasteiger partial charge is 0.308 e. The summed E-state index contributed by atoms with van der Waals surface area (Å²) in [4.78, 5) is 14.3. The van der Waals surface area contributed by atoms with Gasteiger partial charge in [0.1, 0.15) is 17.2 Å². The highest BCUT2D eigenvalue weighted by Crippen LogP contribution is 2.36. The second-order valence-corrected chi connectivity index (χ2v) is 10.3. The number of carbonyl (C=O) groups is 1. The highest BCUT2D eigenvalue weighted by Gasteiger charge is 2.29. The second-order valence-electron chi connectivity index (χ2n) is 10.3. The summed E-state index contributed by atoms with van der Waals surface area (Å²) in [5.74, 6) is 2.59. The van der Waals surface area contributed by atoms with Gasteiger partial charge in [0.15, 0.2) is 5.58 Å². The number of methoxy groups -OCH3 is 1. The van der Waals surface area contributed by atoms with Gasteiger partial charge >= 0.3 is 5.97 Å². The average molecular weight is 487 g/mol. The van der Waals surface area contributed by atoms with E-state index in [0.29, 0.717) is 29.9 Å². The number of esters is 1. The van der Waals surface area contributed by atoms with Crippen molar-refractivity contribution >= 4 is 16.9 Å². The maximum absolute atomic E-state index is 11.8. The summed E-state index contributed by atoms with van der Waals surface area (Å²) >= 11 is 0. The molecule has 192 valence electrons. The summed E-state index contributed by atoms with van der Waals surface area (Å²) < 4.78 is 28.4. The Kier molecular flexibility index (Phi) is 8.09. The standard InChI is InChI=1S/C27H38N2O6/c1-31-27(30)21-7-5-19(6-8-21)17-29-13-9-20(10-14-29)18-33-26-25-23(3-2-4-24(25)35-28-26)34-22-11-15-32-16-12-22/h2-4,19-22H,5-18H2,1H3. The number of hydrogen-bond acceptors (Lipinski definition) is 8. The Hall–Kier alpha value is -2.32. The first-order chi connectivity index (χ1) is 17.2. The number of aromatic nitrogens is 1. The molecule has 2 saturated heterocycles. The molecule has 3 aliphatic rings. The minimum atomic E-state index is -0.0357. The van der Waals surface area contributed by atoms with Crippen LogP contribution in [-0.2, 0) is 14.3 Å². The van der Waals surface area contributed by atoms with Gasteiger partial charge in [-0.1, -0.05) is 6.07 Å². The average Bonchev–Trinajstić information content (AvgIpc) is 3.33. The lowest BCUT2D eigenvalue weighted by molar-refractivity contribution is -0.146. The van der Waals surface area contributed by atoms with Crippen molar-refractivity contribution in [3.63, 3.8) is 0 Å². The first-order valence-electron chi connectivity index (χ1n) is 13.3. The number of likely N-dealkylation sites (tertiary alicyclic amines) is 1. The fourth-order valence-corrected chi connectivity index (χ4v) is 5.75. The van der Waals surface area contributed by atoms with Crippen LogP contribution in [0, 0.1) is 17.8 Å². The second kappa shape index (κ2) is 11.6. The van der Waals surface area contributed by atoms with Crippen LogP contribution in [-0.4, -0.2) is 68.7 Å². The van der Waals surface area contributed by atoms with E-state index in [2.05, 4.69) is 10.1 Å². The Labute approximate surface area is 207 Å². The number of fused-ring (bicyclic) bond motifs is 1. The molecule has 0 spiro atoms. The third-order valence-electron chi connectivity index (χ3n) is 7.95. The Bertz CT molecular complexity index is 956. The van der Waals surface area contributed by atoms with Gasteiger partial charge in [0, 0.05) is 19.4 Å². The van der Waals surface area contributed by atoms with Crippen LogP contribution >= 0.6 is 0 Å². The number of benzene rings is 1. The zero-order chi connectivity index (χ0) is 24.0. The van der Waals surface area contributed by atoms with Gasteiger partial charge < -0.3 is 28.4 Å². The lowest BCUT2D eigenvalue weighted by Gasteiger charge is -2.36. The Morgan fingerprint density at radius 3 is 2.54 bits per heavy atom. The Morgan fingerprint density at radius 1 is 1.03 bits per heavy atom. The van der Waals surface area contributed by atoms with Crippen LogP contribution in [0.4, 0.5) is 0 Å². The zero-order valence-electron chi connectivity index (χ0n) is 20.8. The number of carbonyl (C=O) groups excluding carboxylic acids is 1. The summed E-state index contributed by atoms with van der Waals surface area (Å²) in [5.41, 5.74) is 0.696. The van der Waals surface area contributed by atoms with Crippen molar-refractivity contribution in [3.8, 4) is 11.6 Å². The molecule has 3 fully saturated rings. The molecule has 8 heteroatoms. The van der Waals surface area contributed by atoms with E-state index in [1.165, 1.54) is 7.11 Å². The number of ether oxygens (including phenoxy) is 4. The van der Waals surface area contributed by atoms with E-state index < -0.39 is 0 Å². The van der Waals surface area contributed by atoms with Gasteiger partial charge in [-0.3, -0.25) is 4.79 Å². The van der Waals surface area contributed by atoms with E-state index in [1.54, 1.807) is 0 Å². The summed E-state index contributed by atoms with van der Waals surface area (Å²) in [6.45, 7) is 5.46. The summed E-state index contributed by atoms with van der Waals surface area (Å²) in [6.07, 6.45) is 8.36. The molecule has 2 aromatic rings. The molecule has 0 atom stereocenters. The number of rotatable bonds is 8. The van der Waals surface area contributed by atoms with Crippen molar-refractivity contribution in [2.24, 2.45) is 17.8 Å². The van der Waals surface area contributed by atoms with Gasteiger partial charge in [-0.25, -0.2) is 0 Å². The minimum Gasteiger partial charge on any atom is -0.489 e. The molecule has 8 nitrogen and oxygen atoms in total. The van der Waals surface area contributed by atoms with E-state index in [4.69, 9.17) is 23.5 Å². The van der Waals surface area contributed by atoms with E-state index in [9.17, 15) is 4.79 Å². The largest absolute Gasteiger partial charge is 0.489 e. The molecule has 2 aliphatic heterocycles. The number of hydrogen-bond donors (Lipinski definition) is 0. The van der Waals surface area contributed by atoms with Crippen LogP contribution in [0.3, 0.4) is 0 Å². The minimum absolute atomic E-state index is 0.0357.